The molecule has 2 rings (SSSR count). The second kappa shape index (κ2) is 7.42. The number of nitrogens with one attached hydrogen (secondary N) is 1. The largest absolute Gasteiger partial charge is 0.496 e. The molecule has 2 aromatic rings. The zero-order valence-corrected chi connectivity index (χ0v) is 14.0. The highest BCUT2D eigenvalue weighted by Crippen LogP contribution is 2.23. The molecule has 0 bridgehead atoms. The summed E-state index contributed by atoms with van der Waals surface area (Å²) in [4.78, 5) is 0. The second-order valence-corrected chi connectivity index (χ2v) is 6.88. The van der Waals surface area contributed by atoms with Crippen LogP contribution >= 0.6 is 0 Å². The van der Waals surface area contributed by atoms with E-state index >= 15 is 0 Å². The molecule has 1 unspecified atom stereocenters. The van der Waals surface area contributed by atoms with E-state index in [4.69, 9.17) is 10.5 Å². The Balaban J connectivity index is 2.06. The van der Waals surface area contributed by atoms with Gasteiger partial charge in [-0.2, -0.15) is 18.3 Å². The summed E-state index contributed by atoms with van der Waals surface area (Å²) in [6.07, 6.45) is -3.55. The maximum Gasteiger partial charge on any atom is 0.408 e. The van der Waals surface area contributed by atoms with E-state index in [2.05, 4.69) is 9.82 Å². The van der Waals surface area contributed by atoms with Gasteiger partial charge in [-0.1, -0.05) is 18.2 Å². The first kappa shape index (κ1) is 19.2. The number of hydrogen-bond acceptors (Lipinski definition) is 5. The summed E-state index contributed by atoms with van der Waals surface area (Å²) in [5, 5.41) is 2.92. The van der Waals surface area contributed by atoms with Crippen LogP contribution in [-0.2, 0) is 16.6 Å². The monoisotopic (exact) mass is 378 g/mol. The zero-order chi connectivity index (χ0) is 18.7. The SMILES string of the molecule is COc1ccccc1C(N)CNS(=O)(=O)c1ccn(CC(F)(F)F)n1. The maximum absolute atomic E-state index is 12.3. The summed E-state index contributed by atoms with van der Waals surface area (Å²) in [7, 11) is -2.63. The molecular weight excluding hydrogens is 361 g/mol. The lowest BCUT2D eigenvalue weighted by Crippen LogP contribution is -2.32. The van der Waals surface area contributed by atoms with Crippen LogP contribution in [0.25, 0.3) is 0 Å². The van der Waals surface area contributed by atoms with E-state index in [1.807, 2.05) is 0 Å². The number of rotatable bonds is 7. The van der Waals surface area contributed by atoms with Crippen LogP contribution in [0.3, 0.4) is 0 Å². The molecule has 0 spiro atoms. The normalized spacial score (nSPS) is 13.6. The molecule has 1 aromatic carbocycles. The van der Waals surface area contributed by atoms with Gasteiger partial charge in [-0.25, -0.2) is 13.1 Å². The minimum atomic E-state index is -4.49. The van der Waals surface area contributed by atoms with Gasteiger partial charge in [0.05, 0.1) is 7.11 Å². The molecule has 25 heavy (non-hydrogen) atoms. The topological polar surface area (TPSA) is 99.2 Å². The number of nitrogens with zero attached hydrogens (tertiary/aromatic N) is 2. The van der Waals surface area contributed by atoms with Gasteiger partial charge in [-0.3, -0.25) is 4.68 Å². The summed E-state index contributed by atoms with van der Waals surface area (Å²) < 4.78 is 69.1. The molecule has 11 heteroatoms. The van der Waals surface area contributed by atoms with E-state index in [0.29, 0.717) is 16.0 Å². The number of aromatic nitrogens is 2. The number of hydrogen-bond donors (Lipinski definition) is 2. The molecule has 0 fully saturated rings. The van der Waals surface area contributed by atoms with Crippen molar-refractivity contribution in [1.29, 1.82) is 0 Å². The number of methoxy groups -OCH3 is 1. The van der Waals surface area contributed by atoms with Crippen LogP contribution in [0.2, 0.25) is 0 Å². The molecule has 0 aliphatic rings. The number of alkyl halides is 3. The molecule has 1 atom stereocenters. The fraction of sp³-hybridized carbons (Fsp3) is 0.357. The molecule has 7 nitrogen and oxygen atoms in total. The van der Waals surface area contributed by atoms with Gasteiger partial charge in [0.25, 0.3) is 10.0 Å². The molecule has 0 aliphatic carbocycles. The predicted octanol–water partition coefficient (Wildman–Crippen LogP) is 1.43. The summed E-state index contributed by atoms with van der Waals surface area (Å²) in [6.45, 7) is -1.54. The van der Waals surface area contributed by atoms with Crippen LogP contribution in [-0.4, -0.2) is 38.0 Å². The third-order valence-electron chi connectivity index (χ3n) is 3.26. The quantitative estimate of drug-likeness (QED) is 0.759. The predicted molar refractivity (Wildman–Crippen MR) is 83.4 cm³/mol. The minimum absolute atomic E-state index is 0.172. The number of benzene rings is 1. The van der Waals surface area contributed by atoms with Gasteiger partial charge in [0.2, 0.25) is 0 Å². The Kier molecular flexibility index (Phi) is 5.70. The van der Waals surface area contributed by atoms with Gasteiger partial charge in [0.1, 0.15) is 12.3 Å². The van der Waals surface area contributed by atoms with Crippen molar-refractivity contribution in [1.82, 2.24) is 14.5 Å². The van der Waals surface area contributed by atoms with Crippen LogP contribution in [0.1, 0.15) is 11.6 Å². The van der Waals surface area contributed by atoms with E-state index in [1.165, 1.54) is 7.11 Å². The highest BCUT2D eigenvalue weighted by Gasteiger charge is 2.29. The molecule has 0 saturated carbocycles. The standard InChI is InChI=1S/C14H17F3N4O3S/c1-24-12-5-3-2-4-10(12)11(18)8-19-25(22,23)13-6-7-21(20-13)9-14(15,16)17/h2-7,11,19H,8-9,18H2,1H3. The number of halogens is 3. The maximum atomic E-state index is 12.3. The first-order chi connectivity index (χ1) is 11.6. The van der Waals surface area contributed by atoms with Crippen LogP contribution in [0, 0.1) is 0 Å². The smallest absolute Gasteiger partial charge is 0.408 e. The van der Waals surface area contributed by atoms with Crippen molar-refractivity contribution in [2.24, 2.45) is 5.73 Å². The second-order valence-electron chi connectivity index (χ2n) is 5.17. The Bertz CT molecular complexity index is 821. The van der Waals surface area contributed by atoms with Crippen molar-refractivity contribution in [3.05, 3.63) is 42.1 Å². The van der Waals surface area contributed by atoms with Crippen molar-refractivity contribution in [3.8, 4) is 5.75 Å². The fourth-order valence-corrected chi connectivity index (χ4v) is 3.11. The van der Waals surface area contributed by atoms with E-state index in [0.717, 1.165) is 12.3 Å². The minimum Gasteiger partial charge on any atom is -0.496 e. The number of para-hydroxylation sites is 1. The molecule has 138 valence electrons. The summed E-state index contributed by atoms with van der Waals surface area (Å²) in [5.74, 6) is 0.503. The third kappa shape index (κ3) is 5.18. The van der Waals surface area contributed by atoms with Gasteiger partial charge >= 0.3 is 6.18 Å². The summed E-state index contributed by atoms with van der Waals surface area (Å²) in [6, 6.07) is 7.13. The lowest BCUT2D eigenvalue weighted by molar-refractivity contribution is -0.142. The fourth-order valence-electron chi connectivity index (χ4n) is 2.11. The average Bonchev–Trinajstić information content (AvgIpc) is 3.00. The van der Waals surface area contributed by atoms with E-state index < -0.39 is 33.8 Å². The van der Waals surface area contributed by atoms with Gasteiger partial charge in [-0.05, 0) is 12.1 Å². The first-order valence-electron chi connectivity index (χ1n) is 7.11. The molecule has 0 radical (unpaired) electrons. The first-order valence-corrected chi connectivity index (χ1v) is 8.59. The molecular formula is C14H17F3N4O3S. The van der Waals surface area contributed by atoms with Gasteiger partial charge in [0, 0.05) is 24.3 Å². The molecule has 0 saturated heterocycles. The molecule has 0 amide bonds. The van der Waals surface area contributed by atoms with Crippen LogP contribution in [0.5, 0.6) is 5.75 Å². The zero-order valence-electron chi connectivity index (χ0n) is 13.2. The lowest BCUT2D eigenvalue weighted by Gasteiger charge is -2.15. The molecule has 1 aromatic heterocycles. The van der Waals surface area contributed by atoms with Crippen molar-refractivity contribution in [2.75, 3.05) is 13.7 Å². The Morgan fingerprint density at radius 1 is 1.32 bits per heavy atom. The molecule has 1 heterocycles. The van der Waals surface area contributed by atoms with Gasteiger partial charge < -0.3 is 10.5 Å². The lowest BCUT2D eigenvalue weighted by atomic mass is 10.1. The Labute approximate surface area is 142 Å². The van der Waals surface area contributed by atoms with E-state index in [-0.39, 0.29) is 6.54 Å². The van der Waals surface area contributed by atoms with Crippen molar-refractivity contribution >= 4 is 10.0 Å². The van der Waals surface area contributed by atoms with Crippen molar-refractivity contribution in [2.45, 2.75) is 23.8 Å². The van der Waals surface area contributed by atoms with Crippen molar-refractivity contribution in [3.63, 3.8) is 0 Å². The van der Waals surface area contributed by atoms with E-state index in [1.54, 1.807) is 24.3 Å². The van der Waals surface area contributed by atoms with Crippen molar-refractivity contribution < 1.29 is 26.3 Å². The van der Waals surface area contributed by atoms with E-state index in [9.17, 15) is 21.6 Å². The Morgan fingerprint density at radius 2 is 2.00 bits per heavy atom. The van der Waals surface area contributed by atoms with Crippen LogP contribution < -0.4 is 15.2 Å². The summed E-state index contributed by atoms with van der Waals surface area (Å²) >= 11 is 0. The number of sulfonamides is 1. The van der Waals surface area contributed by atoms with Gasteiger partial charge in [-0.15, -0.1) is 0 Å². The highest BCUT2D eigenvalue weighted by molar-refractivity contribution is 7.89. The summed E-state index contributed by atoms with van der Waals surface area (Å²) in [5.41, 5.74) is 6.56. The average molecular weight is 378 g/mol. The third-order valence-corrected chi connectivity index (χ3v) is 4.58. The Morgan fingerprint density at radius 3 is 2.64 bits per heavy atom. The molecule has 0 aliphatic heterocycles. The number of ether oxygens (including phenoxy) is 1. The highest BCUT2D eigenvalue weighted by atomic mass is 32.2. The van der Waals surface area contributed by atoms with Gasteiger partial charge in [0.15, 0.2) is 5.03 Å². The number of nitrogens with two attached hydrogens (primary N) is 1. The van der Waals surface area contributed by atoms with Crippen LogP contribution in [0.4, 0.5) is 13.2 Å². The van der Waals surface area contributed by atoms with Crippen LogP contribution in [0.15, 0.2) is 41.6 Å². The molecule has 3 N–H and O–H groups in total. The Hall–Kier alpha value is -2.11.